The molecule has 2 amide bonds. The van der Waals surface area contributed by atoms with Gasteiger partial charge in [0.05, 0.1) is 0 Å². The lowest BCUT2D eigenvalue weighted by atomic mass is 10.3. The van der Waals surface area contributed by atoms with Crippen LogP contribution in [-0.2, 0) is 9.59 Å². The zero-order chi connectivity index (χ0) is 19.5. The Kier molecular flexibility index (Phi) is 8.54. The maximum atomic E-state index is 12.0. The van der Waals surface area contributed by atoms with Gasteiger partial charge < -0.3 is 20.9 Å². The highest BCUT2D eigenvalue weighted by Gasteiger charge is 2.18. The van der Waals surface area contributed by atoms with Crippen LogP contribution >= 0.6 is 0 Å². The minimum absolute atomic E-state index is 0.0935. The molecule has 0 bridgehead atoms. The van der Waals surface area contributed by atoms with Crippen molar-refractivity contribution in [2.45, 2.75) is 39.5 Å². The number of carbonyl (C=O) groups excluding carboxylic acids is 2. The molecule has 1 aromatic rings. The number of rotatable bonds is 9. The van der Waals surface area contributed by atoms with E-state index in [9.17, 15) is 9.59 Å². The van der Waals surface area contributed by atoms with E-state index in [0.29, 0.717) is 37.7 Å². The normalized spacial score (nSPS) is 14.4. The van der Waals surface area contributed by atoms with Crippen molar-refractivity contribution in [2.75, 3.05) is 38.0 Å². The summed E-state index contributed by atoms with van der Waals surface area (Å²) in [7, 11) is 0. The third-order valence-electron chi connectivity index (χ3n) is 4.17. The van der Waals surface area contributed by atoms with E-state index < -0.39 is 0 Å². The maximum Gasteiger partial charge on any atom is 0.227 e. The summed E-state index contributed by atoms with van der Waals surface area (Å²) >= 11 is 0. The first-order chi connectivity index (χ1) is 13.1. The number of hydrogen-bond donors (Lipinski definition) is 3. The smallest absolute Gasteiger partial charge is 0.227 e. The van der Waals surface area contributed by atoms with E-state index >= 15 is 0 Å². The molecule has 0 radical (unpaired) electrons. The SMILES string of the molecule is CCNC(=NCCCN1CCCC1=O)NCCC(=O)Nc1cccc(C)n1. The molecule has 8 heteroatoms. The van der Waals surface area contributed by atoms with Crippen LogP contribution in [0.15, 0.2) is 23.2 Å². The van der Waals surface area contributed by atoms with E-state index in [1.807, 2.05) is 30.9 Å². The number of pyridine rings is 1. The molecule has 2 rings (SSSR count). The van der Waals surface area contributed by atoms with E-state index in [1.165, 1.54) is 0 Å². The summed E-state index contributed by atoms with van der Waals surface area (Å²) in [6.07, 6.45) is 2.80. The number of nitrogens with one attached hydrogen (secondary N) is 3. The third kappa shape index (κ3) is 7.64. The number of aryl methyl sites for hydroxylation is 1. The van der Waals surface area contributed by atoms with E-state index in [4.69, 9.17) is 0 Å². The predicted molar refractivity (Wildman–Crippen MR) is 107 cm³/mol. The molecule has 3 N–H and O–H groups in total. The topological polar surface area (TPSA) is 98.7 Å². The monoisotopic (exact) mass is 374 g/mol. The predicted octanol–water partition coefficient (Wildman–Crippen LogP) is 1.29. The number of guanidine groups is 1. The van der Waals surface area contributed by atoms with Crippen LogP contribution < -0.4 is 16.0 Å². The van der Waals surface area contributed by atoms with E-state index in [1.54, 1.807) is 6.07 Å². The average Bonchev–Trinajstić information content (AvgIpc) is 3.03. The lowest BCUT2D eigenvalue weighted by Crippen LogP contribution is -2.39. The molecular formula is C19H30N6O2. The summed E-state index contributed by atoms with van der Waals surface area (Å²) < 4.78 is 0. The first kappa shape index (κ1) is 20.7. The second-order valence-electron chi connectivity index (χ2n) is 6.49. The van der Waals surface area contributed by atoms with E-state index in [2.05, 4.69) is 25.9 Å². The van der Waals surface area contributed by atoms with Crippen molar-refractivity contribution in [2.24, 2.45) is 4.99 Å². The fourth-order valence-corrected chi connectivity index (χ4v) is 2.85. The van der Waals surface area contributed by atoms with Crippen LogP contribution in [-0.4, -0.2) is 60.4 Å². The fourth-order valence-electron chi connectivity index (χ4n) is 2.85. The molecule has 0 aliphatic carbocycles. The van der Waals surface area contributed by atoms with Gasteiger partial charge in [-0.3, -0.25) is 14.6 Å². The highest BCUT2D eigenvalue weighted by molar-refractivity contribution is 5.90. The summed E-state index contributed by atoms with van der Waals surface area (Å²) in [5.41, 5.74) is 0.864. The lowest BCUT2D eigenvalue weighted by Gasteiger charge is -2.15. The van der Waals surface area contributed by atoms with Crippen molar-refractivity contribution in [3.8, 4) is 0 Å². The molecule has 0 atom stereocenters. The van der Waals surface area contributed by atoms with Gasteiger partial charge in [0.1, 0.15) is 5.82 Å². The summed E-state index contributed by atoms with van der Waals surface area (Å²) in [5, 5.41) is 9.12. The molecule has 0 aromatic carbocycles. The third-order valence-corrected chi connectivity index (χ3v) is 4.17. The Morgan fingerprint density at radius 1 is 1.33 bits per heavy atom. The number of likely N-dealkylation sites (tertiary alicyclic amines) is 1. The van der Waals surface area contributed by atoms with Crippen LogP contribution in [0.2, 0.25) is 0 Å². The molecule has 1 aromatic heterocycles. The Hall–Kier alpha value is -2.64. The van der Waals surface area contributed by atoms with Crippen LogP contribution in [0.4, 0.5) is 5.82 Å². The van der Waals surface area contributed by atoms with Crippen molar-refractivity contribution in [3.63, 3.8) is 0 Å². The number of carbonyl (C=O) groups is 2. The molecule has 1 fully saturated rings. The number of anilines is 1. The van der Waals surface area contributed by atoms with Gasteiger partial charge in [0.15, 0.2) is 5.96 Å². The highest BCUT2D eigenvalue weighted by atomic mass is 16.2. The Morgan fingerprint density at radius 2 is 2.19 bits per heavy atom. The van der Waals surface area contributed by atoms with E-state index in [-0.39, 0.29) is 11.8 Å². The second-order valence-corrected chi connectivity index (χ2v) is 6.49. The number of amides is 2. The lowest BCUT2D eigenvalue weighted by molar-refractivity contribution is -0.127. The highest BCUT2D eigenvalue weighted by Crippen LogP contribution is 2.09. The van der Waals surface area contributed by atoms with Gasteiger partial charge in [0.25, 0.3) is 0 Å². The Bertz CT molecular complexity index is 661. The van der Waals surface area contributed by atoms with Gasteiger partial charge in [0.2, 0.25) is 11.8 Å². The Balaban J connectivity index is 1.68. The van der Waals surface area contributed by atoms with Crippen LogP contribution in [0, 0.1) is 6.92 Å². The molecule has 0 spiro atoms. The van der Waals surface area contributed by atoms with Crippen LogP contribution in [0.25, 0.3) is 0 Å². The van der Waals surface area contributed by atoms with Gasteiger partial charge in [-0.25, -0.2) is 4.98 Å². The van der Waals surface area contributed by atoms with Gasteiger partial charge in [0, 0.05) is 51.3 Å². The zero-order valence-corrected chi connectivity index (χ0v) is 16.3. The summed E-state index contributed by atoms with van der Waals surface area (Å²) in [6, 6.07) is 5.52. The van der Waals surface area contributed by atoms with E-state index in [0.717, 1.165) is 38.2 Å². The van der Waals surface area contributed by atoms with Crippen LogP contribution in [0.3, 0.4) is 0 Å². The standard InChI is InChI=1S/C19H30N6O2/c1-3-20-19(21-11-6-14-25-13-5-9-18(25)27)22-12-10-17(26)24-16-8-4-7-15(2)23-16/h4,7-8H,3,5-6,9-14H2,1-2H3,(H2,20,21,22)(H,23,24,26). The maximum absolute atomic E-state index is 12.0. The summed E-state index contributed by atoms with van der Waals surface area (Å²) in [5.74, 6) is 1.41. The largest absolute Gasteiger partial charge is 0.357 e. The van der Waals surface area contributed by atoms with Gasteiger partial charge >= 0.3 is 0 Å². The zero-order valence-electron chi connectivity index (χ0n) is 16.3. The minimum atomic E-state index is -0.0935. The van der Waals surface area contributed by atoms with Crippen molar-refractivity contribution >= 4 is 23.6 Å². The van der Waals surface area contributed by atoms with Crippen molar-refractivity contribution in [3.05, 3.63) is 23.9 Å². The summed E-state index contributed by atoms with van der Waals surface area (Å²) in [6.45, 7) is 7.37. The van der Waals surface area contributed by atoms with Gasteiger partial charge in [-0.2, -0.15) is 0 Å². The number of hydrogen-bond acceptors (Lipinski definition) is 4. The van der Waals surface area contributed by atoms with Crippen molar-refractivity contribution < 1.29 is 9.59 Å². The minimum Gasteiger partial charge on any atom is -0.357 e. The van der Waals surface area contributed by atoms with Crippen LogP contribution in [0.1, 0.15) is 38.3 Å². The first-order valence-electron chi connectivity index (χ1n) is 9.62. The quantitative estimate of drug-likeness (QED) is 0.344. The van der Waals surface area contributed by atoms with Crippen molar-refractivity contribution in [1.82, 2.24) is 20.5 Å². The Labute approximate surface area is 160 Å². The molecule has 1 saturated heterocycles. The molecule has 27 heavy (non-hydrogen) atoms. The Morgan fingerprint density at radius 3 is 2.89 bits per heavy atom. The first-order valence-corrected chi connectivity index (χ1v) is 9.62. The fraction of sp³-hybridized carbons (Fsp3) is 0.579. The molecule has 1 aliphatic heterocycles. The molecule has 0 unspecified atom stereocenters. The number of aromatic nitrogens is 1. The number of nitrogens with zero attached hydrogens (tertiary/aromatic N) is 3. The summed E-state index contributed by atoms with van der Waals surface area (Å²) in [4.78, 5) is 34.3. The molecule has 2 heterocycles. The van der Waals surface area contributed by atoms with Gasteiger partial charge in [-0.05, 0) is 38.8 Å². The molecular weight excluding hydrogens is 344 g/mol. The molecule has 1 aliphatic rings. The van der Waals surface area contributed by atoms with Crippen LogP contribution in [0.5, 0.6) is 0 Å². The number of aliphatic imine (C=N–C) groups is 1. The second kappa shape index (κ2) is 11.2. The molecule has 0 saturated carbocycles. The van der Waals surface area contributed by atoms with Crippen molar-refractivity contribution in [1.29, 1.82) is 0 Å². The van der Waals surface area contributed by atoms with Gasteiger partial charge in [-0.15, -0.1) is 0 Å². The molecule has 8 nitrogen and oxygen atoms in total. The van der Waals surface area contributed by atoms with Gasteiger partial charge in [-0.1, -0.05) is 6.07 Å². The average molecular weight is 374 g/mol. The molecule has 148 valence electrons.